The van der Waals surface area contributed by atoms with Crippen molar-refractivity contribution in [1.82, 2.24) is 4.98 Å². The van der Waals surface area contributed by atoms with E-state index in [9.17, 15) is 9.18 Å². The number of hydrogen-bond donors (Lipinski definition) is 0. The van der Waals surface area contributed by atoms with Gasteiger partial charge < -0.3 is 4.74 Å². The molecule has 2 aromatic carbocycles. The van der Waals surface area contributed by atoms with Crippen LogP contribution in [0.4, 0.5) is 4.39 Å². The lowest BCUT2D eigenvalue weighted by atomic mass is 9.96. The van der Waals surface area contributed by atoms with Crippen molar-refractivity contribution in [2.45, 2.75) is 24.9 Å². The Hall–Kier alpha value is -2.24. The fourth-order valence-corrected chi connectivity index (χ4v) is 4.04. The highest BCUT2D eigenvalue weighted by molar-refractivity contribution is 7.13. The van der Waals surface area contributed by atoms with E-state index in [4.69, 9.17) is 16.3 Å². The largest absolute Gasteiger partial charge is 0.458 e. The SMILES string of the molecule is O=C(OCc1csc(-c2ccccc2Cl)n1)C1(c2ccc(F)cc2)CC1. The monoisotopic (exact) mass is 387 g/mol. The molecule has 3 nitrogen and oxygen atoms in total. The molecule has 1 heterocycles. The van der Waals surface area contributed by atoms with Gasteiger partial charge in [0.25, 0.3) is 0 Å². The molecule has 0 spiro atoms. The number of thiazole rings is 1. The summed E-state index contributed by atoms with van der Waals surface area (Å²) in [5.74, 6) is -0.594. The first kappa shape index (κ1) is 17.2. The third kappa shape index (κ3) is 3.24. The van der Waals surface area contributed by atoms with Crippen LogP contribution in [0, 0.1) is 5.82 Å². The molecule has 0 aliphatic heterocycles. The highest BCUT2D eigenvalue weighted by atomic mass is 35.5. The third-order valence-electron chi connectivity index (χ3n) is 4.54. The molecule has 1 aliphatic carbocycles. The van der Waals surface area contributed by atoms with Gasteiger partial charge in [-0.05, 0) is 36.6 Å². The summed E-state index contributed by atoms with van der Waals surface area (Å²) in [6, 6.07) is 13.6. The highest BCUT2D eigenvalue weighted by Gasteiger charge is 2.52. The van der Waals surface area contributed by atoms with E-state index in [0.29, 0.717) is 10.7 Å². The summed E-state index contributed by atoms with van der Waals surface area (Å²) < 4.78 is 18.6. The molecule has 0 atom stereocenters. The van der Waals surface area contributed by atoms with Gasteiger partial charge in [0, 0.05) is 10.9 Å². The van der Waals surface area contributed by atoms with Crippen LogP contribution in [-0.4, -0.2) is 11.0 Å². The van der Waals surface area contributed by atoms with Crippen LogP contribution in [0.15, 0.2) is 53.9 Å². The average molecular weight is 388 g/mol. The lowest BCUT2D eigenvalue weighted by Gasteiger charge is -2.14. The van der Waals surface area contributed by atoms with Crippen LogP contribution >= 0.6 is 22.9 Å². The second-order valence-corrected chi connectivity index (χ2v) is 7.55. The van der Waals surface area contributed by atoms with Gasteiger partial charge in [-0.3, -0.25) is 4.79 Å². The van der Waals surface area contributed by atoms with E-state index >= 15 is 0 Å². The van der Waals surface area contributed by atoms with Crippen molar-refractivity contribution in [2.75, 3.05) is 0 Å². The lowest BCUT2D eigenvalue weighted by molar-refractivity contribution is -0.148. The number of carbonyl (C=O) groups is 1. The Bertz CT molecular complexity index is 950. The number of halogens is 2. The minimum absolute atomic E-state index is 0.114. The molecule has 3 aromatic rings. The van der Waals surface area contributed by atoms with Crippen LogP contribution in [0.1, 0.15) is 24.1 Å². The molecule has 0 N–H and O–H groups in total. The van der Waals surface area contributed by atoms with Crippen molar-refractivity contribution in [3.05, 3.63) is 76.0 Å². The summed E-state index contributed by atoms with van der Waals surface area (Å²) in [7, 11) is 0. The maximum absolute atomic E-state index is 13.1. The number of ether oxygens (including phenoxy) is 1. The number of benzene rings is 2. The maximum atomic E-state index is 13.1. The van der Waals surface area contributed by atoms with Crippen molar-refractivity contribution >= 4 is 28.9 Å². The van der Waals surface area contributed by atoms with Gasteiger partial charge in [0.15, 0.2) is 0 Å². The number of nitrogens with zero attached hydrogens (tertiary/aromatic N) is 1. The van der Waals surface area contributed by atoms with Crippen LogP contribution in [0.3, 0.4) is 0 Å². The first-order valence-corrected chi connectivity index (χ1v) is 9.47. The van der Waals surface area contributed by atoms with E-state index in [1.165, 1.54) is 23.5 Å². The third-order valence-corrected chi connectivity index (χ3v) is 5.80. The molecule has 1 aromatic heterocycles. The van der Waals surface area contributed by atoms with Gasteiger partial charge in [0.1, 0.15) is 17.4 Å². The van der Waals surface area contributed by atoms with Crippen molar-refractivity contribution < 1.29 is 13.9 Å². The average Bonchev–Trinajstić information content (AvgIpc) is 3.33. The molecule has 0 saturated heterocycles. The van der Waals surface area contributed by atoms with Gasteiger partial charge in [0.2, 0.25) is 0 Å². The Labute approximate surface area is 159 Å². The summed E-state index contributed by atoms with van der Waals surface area (Å²) in [6.07, 6.45) is 1.44. The smallest absolute Gasteiger partial charge is 0.316 e. The first-order valence-electron chi connectivity index (χ1n) is 8.21. The van der Waals surface area contributed by atoms with Gasteiger partial charge in [-0.2, -0.15) is 0 Å². The normalized spacial score (nSPS) is 14.8. The summed E-state index contributed by atoms with van der Waals surface area (Å²) in [4.78, 5) is 17.1. The van der Waals surface area contributed by atoms with Gasteiger partial charge in [-0.15, -0.1) is 11.3 Å². The Kier molecular flexibility index (Phi) is 4.51. The topological polar surface area (TPSA) is 39.2 Å². The molecule has 6 heteroatoms. The Morgan fingerprint density at radius 1 is 1.19 bits per heavy atom. The van der Waals surface area contributed by atoms with Crippen LogP contribution in [0.25, 0.3) is 10.6 Å². The van der Waals surface area contributed by atoms with Crippen molar-refractivity contribution in [3.63, 3.8) is 0 Å². The van der Waals surface area contributed by atoms with Gasteiger partial charge >= 0.3 is 5.97 Å². The Morgan fingerprint density at radius 3 is 2.62 bits per heavy atom. The molecule has 1 fully saturated rings. The van der Waals surface area contributed by atoms with E-state index in [1.54, 1.807) is 12.1 Å². The molecule has 4 rings (SSSR count). The van der Waals surface area contributed by atoms with Crippen molar-refractivity contribution in [2.24, 2.45) is 0 Å². The molecule has 0 radical (unpaired) electrons. The second kappa shape index (κ2) is 6.82. The summed E-state index contributed by atoms with van der Waals surface area (Å²) >= 11 is 7.66. The maximum Gasteiger partial charge on any atom is 0.316 e. The summed E-state index contributed by atoms with van der Waals surface area (Å²) in [5, 5.41) is 3.30. The minimum atomic E-state index is -0.630. The van der Waals surface area contributed by atoms with E-state index < -0.39 is 5.41 Å². The highest BCUT2D eigenvalue weighted by Crippen LogP contribution is 2.49. The molecule has 1 aliphatic rings. The van der Waals surface area contributed by atoms with Crippen molar-refractivity contribution in [3.8, 4) is 10.6 Å². The molecule has 0 bridgehead atoms. The zero-order valence-electron chi connectivity index (χ0n) is 13.7. The molecular weight excluding hydrogens is 373 g/mol. The standard InChI is InChI=1S/C20H15ClFNO2S/c21-17-4-2-1-3-16(17)18-23-15(12-26-18)11-25-19(24)20(9-10-20)13-5-7-14(22)8-6-13/h1-8,12H,9-11H2. The van der Waals surface area contributed by atoms with Gasteiger partial charge in [0.05, 0.1) is 16.1 Å². The second-order valence-electron chi connectivity index (χ2n) is 6.29. The number of aromatic nitrogens is 1. The number of carbonyl (C=O) groups excluding carboxylic acids is 1. The molecule has 26 heavy (non-hydrogen) atoms. The van der Waals surface area contributed by atoms with E-state index in [0.717, 1.165) is 29.0 Å². The van der Waals surface area contributed by atoms with Gasteiger partial charge in [-0.1, -0.05) is 41.9 Å². The number of hydrogen-bond acceptors (Lipinski definition) is 4. The number of esters is 1. The first-order chi connectivity index (χ1) is 12.6. The zero-order valence-corrected chi connectivity index (χ0v) is 15.3. The van der Waals surface area contributed by atoms with E-state index in [1.807, 2.05) is 29.6 Å². The molecule has 1 saturated carbocycles. The zero-order chi connectivity index (χ0) is 18.1. The fourth-order valence-electron chi connectivity index (χ4n) is 2.91. The quantitative estimate of drug-likeness (QED) is 0.552. The predicted octanol–water partition coefficient (Wildman–Crippen LogP) is 5.38. The van der Waals surface area contributed by atoms with E-state index in [-0.39, 0.29) is 18.4 Å². The van der Waals surface area contributed by atoms with Crippen molar-refractivity contribution in [1.29, 1.82) is 0 Å². The van der Waals surface area contributed by atoms with Crippen LogP contribution in [0.2, 0.25) is 5.02 Å². The fraction of sp³-hybridized carbons (Fsp3) is 0.200. The molecule has 0 amide bonds. The van der Waals surface area contributed by atoms with Crippen LogP contribution in [0.5, 0.6) is 0 Å². The summed E-state index contributed by atoms with van der Waals surface area (Å²) in [6.45, 7) is 0.114. The van der Waals surface area contributed by atoms with E-state index in [2.05, 4.69) is 4.98 Å². The molecule has 0 unspecified atom stereocenters. The van der Waals surface area contributed by atoms with Gasteiger partial charge in [-0.25, -0.2) is 9.37 Å². The summed E-state index contributed by atoms with van der Waals surface area (Å²) in [5.41, 5.74) is 1.73. The predicted molar refractivity (Wildman–Crippen MR) is 99.7 cm³/mol. The van der Waals surface area contributed by atoms with Crippen LogP contribution in [-0.2, 0) is 21.6 Å². The lowest BCUT2D eigenvalue weighted by Crippen LogP contribution is -2.23. The van der Waals surface area contributed by atoms with Crippen LogP contribution < -0.4 is 0 Å². The molecular formula is C20H15ClFNO2S. The molecule has 132 valence electrons. The Balaban J connectivity index is 1.44. The Morgan fingerprint density at radius 2 is 1.92 bits per heavy atom. The minimum Gasteiger partial charge on any atom is -0.458 e. The number of rotatable bonds is 5.